The van der Waals surface area contributed by atoms with Gasteiger partial charge in [0.2, 0.25) is 0 Å². The Morgan fingerprint density at radius 2 is 2.53 bits per heavy atom. The molecule has 6 heteroatoms. The second-order valence-corrected chi connectivity index (χ2v) is 4.35. The molecule has 2 rings (SSSR count). The van der Waals surface area contributed by atoms with Crippen LogP contribution in [0.4, 0.5) is 5.82 Å². The lowest BCUT2D eigenvalue weighted by Crippen LogP contribution is -2.25. The second kappa shape index (κ2) is 4.97. The highest BCUT2D eigenvalue weighted by molar-refractivity contribution is 7.15. The molecule has 0 atom stereocenters. The number of carbonyl (C=O) groups is 1. The summed E-state index contributed by atoms with van der Waals surface area (Å²) in [5, 5.41) is 10.5. The lowest BCUT2D eigenvalue weighted by Gasteiger charge is -2.19. The van der Waals surface area contributed by atoms with Gasteiger partial charge in [0, 0.05) is 24.7 Å². The van der Waals surface area contributed by atoms with Crippen molar-refractivity contribution in [2.24, 2.45) is 0 Å². The lowest BCUT2D eigenvalue weighted by atomic mass is 10.3. The minimum Gasteiger partial charge on any atom is -0.354 e. The molecule has 0 aliphatic heterocycles. The van der Waals surface area contributed by atoms with Crippen molar-refractivity contribution >= 4 is 28.4 Å². The van der Waals surface area contributed by atoms with Gasteiger partial charge in [-0.25, -0.2) is 4.98 Å². The predicted octanol–water partition coefficient (Wildman–Crippen LogP) is 1.95. The maximum absolute atomic E-state index is 11.1. The van der Waals surface area contributed by atoms with Gasteiger partial charge in [-0.3, -0.25) is 9.20 Å². The molecule has 0 saturated heterocycles. The van der Waals surface area contributed by atoms with Gasteiger partial charge in [-0.2, -0.15) is 5.26 Å². The quantitative estimate of drug-likeness (QED) is 0.759. The van der Waals surface area contributed by atoms with Crippen LogP contribution in [0.15, 0.2) is 11.6 Å². The van der Waals surface area contributed by atoms with Crippen LogP contribution in [0.1, 0.15) is 23.8 Å². The summed E-state index contributed by atoms with van der Waals surface area (Å²) in [4.78, 5) is 18.3. The molecule has 0 fully saturated rings. The second-order valence-electron chi connectivity index (χ2n) is 3.48. The van der Waals surface area contributed by atoms with E-state index >= 15 is 0 Å². The van der Waals surface area contributed by atoms with E-state index < -0.39 is 0 Å². The zero-order valence-electron chi connectivity index (χ0n) is 9.46. The molecule has 0 aromatic carbocycles. The van der Waals surface area contributed by atoms with Crippen LogP contribution in [0.5, 0.6) is 0 Å². The van der Waals surface area contributed by atoms with E-state index in [2.05, 4.69) is 11.1 Å². The largest absolute Gasteiger partial charge is 0.354 e. The zero-order chi connectivity index (χ0) is 12.3. The van der Waals surface area contributed by atoms with Crippen molar-refractivity contribution in [1.29, 1.82) is 5.26 Å². The number of anilines is 1. The van der Waals surface area contributed by atoms with Crippen molar-refractivity contribution in [2.45, 2.75) is 13.3 Å². The molecule has 17 heavy (non-hydrogen) atoms. The maximum atomic E-state index is 11.1. The van der Waals surface area contributed by atoms with Gasteiger partial charge < -0.3 is 4.90 Å². The average Bonchev–Trinajstić information content (AvgIpc) is 2.90. The number of carbonyl (C=O) groups excluding carboxylic acids is 1. The number of hydrogen-bond donors (Lipinski definition) is 0. The SMILES string of the molecule is CCN(CCC#N)c1nc2sccn2c1C=O. The molecule has 0 aliphatic rings. The normalized spacial score (nSPS) is 10.4. The Hall–Kier alpha value is -1.87. The van der Waals surface area contributed by atoms with Gasteiger partial charge in [0.05, 0.1) is 12.5 Å². The number of fused-ring (bicyclic) bond motifs is 1. The van der Waals surface area contributed by atoms with Crippen LogP contribution >= 0.6 is 11.3 Å². The van der Waals surface area contributed by atoms with E-state index in [9.17, 15) is 4.79 Å². The van der Waals surface area contributed by atoms with E-state index in [0.717, 1.165) is 17.8 Å². The van der Waals surface area contributed by atoms with Crippen LogP contribution in [0.3, 0.4) is 0 Å². The summed E-state index contributed by atoms with van der Waals surface area (Å²) >= 11 is 1.49. The number of aldehydes is 1. The molecule has 5 nitrogen and oxygen atoms in total. The number of rotatable bonds is 5. The number of hydrogen-bond acceptors (Lipinski definition) is 5. The third-order valence-corrected chi connectivity index (χ3v) is 3.32. The molecular formula is C11H12N4OS. The molecule has 0 spiro atoms. The van der Waals surface area contributed by atoms with Gasteiger partial charge in [-0.1, -0.05) is 0 Å². The summed E-state index contributed by atoms with van der Waals surface area (Å²) in [6.45, 7) is 3.31. The third kappa shape index (κ3) is 2.01. The van der Waals surface area contributed by atoms with E-state index in [4.69, 9.17) is 5.26 Å². The highest BCUT2D eigenvalue weighted by Gasteiger charge is 2.17. The lowest BCUT2D eigenvalue weighted by molar-refractivity contribution is 0.111. The van der Waals surface area contributed by atoms with E-state index in [0.29, 0.717) is 24.5 Å². The Morgan fingerprint density at radius 3 is 3.18 bits per heavy atom. The maximum Gasteiger partial charge on any atom is 0.196 e. The first-order chi connectivity index (χ1) is 8.31. The summed E-state index contributed by atoms with van der Waals surface area (Å²) in [6, 6.07) is 2.11. The van der Waals surface area contributed by atoms with Gasteiger partial charge >= 0.3 is 0 Å². The fourth-order valence-corrected chi connectivity index (χ4v) is 2.45. The van der Waals surface area contributed by atoms with Gasteiger partial charge in [0.1, 0.15) is 5.69 Å². The van der Waals surface area contributed by atoms with Crippen molar-refractivity contribution < 1.29 is 4.79 Å². The number of thiazole rings is 1. The molecule has 0 unspecified atom stereocenters. The van der Waals surface area contributed by atoms with Crippen molar-refractivity contribution in [3.63, 3.8) is 0 Å². The molecule has 0 bridgehead atoms. The summed E-state index contributed by atoms with van der Waals surface area (Å²) in [5.41, 5.74) is 0.557. The molecule has 0 radical (unpaired) electrons. The molecule has 2 aromatic rings. The van der Waals surface area contributed by atoms with Gasteiger partial charge in [0.15, 0.2) is 17.1 Å². The van der Waals surface area contributed by atoms with Crippen LogP contribution in [0, 0.1) is 11.3 Å². The first-order valence-electron chi connectivity index (χ1n) is 5.34. The summed E-state index contributed by atoms with van der Waals surface area (Å²) in [6.07, 6.45) is 3.08. The van der Waals surface area contributed by atoms with Crippen molar-refractivity contribution in [3.8, 4) is 6.07 Å². The molecule has 0 saturated carbocycles. The van der Waals surface area contributed by atoms with Crippen LogP contribution < -0.4 is 4.90 Å². The molecule has 0 amide bonds. The van der Waals surface area contributed by atoms with Gasteiger partial charge in [-0.05, 0) is 6.92 Å². The van der Waals surface area contributed by atoms with Gasteiger partial charge in [0.25, 0.3) is 0 Å². The fourth-order valence-electron chi connectivity index (χ4n) is 1.73. The highest BCUT2D eigenvalue weighted by atomic mass is 32.1. The summed E-state index contributed by atoms with van der Waals surface area (Å²) in [5.74, 6) is 0.671. The number of aromatic nitrogens is 2. The Labute approximate surface area is 103 Å². The average molecular weight is 248 g/mol. The number of imidazole rings is 1. The Kier molecular flexibility index (Phi) is 3.40. The Bertz CT molecular complexity index is 566. The predicted molar refractivity (Wildman–Crippen MR) is 66.6 cm³/mol. The monoisotopic (exact) mass is 248 g/mol. The van der Waals surface area contributed by atoms with Crippen LogP contribution in [-0.4, -0.2) is 28.8 Å². The van der Waals surface area contributed by atoms with E-state index in [-0.39, 0.29) is 0 Å². The highest BCUT2D eigenvalue weighted by Crippen LogP contribution is 2.23. The first kappa shape index (κ1) is 11.6. The molecule has 2 aromatic heterocycles. The van der Waals surface area contributed by atoms with E-state index in [1.807, 2.05) is 23.4 Å². The van der Waals surface area contributed by atoms with Crippen LogP contribution in [0.2, 0.25) is 0 Å². The standard InChI is InChI=1S/C11H12N4OS/c1-2-14(5-3-4-12)10-9(8-16)15-6-7-17-11(15)13-10/h6-8H,2-3,5H2,1H3. The summed E-state index contributed by atoms with van der Waals surface area (Å²) in [7, 11) is 0. The van der Waals surface area contributed by atoms with Crippen molar-refractivity contribution in [3.05, 3.63) is 17.3 Å². The fraction of sp³-hybridized carbons (Fsp3) is 0.364. The van der Waals surface area contributed by atoms with Crippen molar-refractivity contribution in [2.75, 3.05) is 18.0 Å². The Balaban J connectivity index is 2.41. The van der Waals surface area contributed by atoms with E-state index in [1.54, 1.807) is 4.40 Å². The topological polar surface area (TPSA) is 61.4 Å². The van der Waals surface area contributed by atoms with Crippen LogP contribution in [-0.2, 0) is 0 Å². The smallest absolute Gasteiger partial charge is 0.196 e. The number of nitriles is 1. The Morgan fingerprint density at radius 1 is 1.71 bits per heavy atom. The molecule has 88 valence electrons. The molecular weight excluding hydrogens is 236 g/mol. The molecule has 0 aliphatic carbocycles. The molecule has 0 N–H and O–H groups in total. The summed E-state index contributed by atoms with van der Waals surface area (Å²) < 4.78 is 1.78. The van der Waals surface area contributed by atoms with Crippen LogP contribution in [0.25, 0.3) is 4.96 Å². The molecule has 2 heterocycles. The number of nitrogens with zero attached hydrogens (tertiary/aromatic N) is 4. The minimum absolute atomic E-state index is 0.428. The van der Waals surface area contributed by atoms with Gasteiger partial charge in [-0.15, -0.1) is 11.3 Å². The third-order valence-electron chi connectivity index (χ3n) is 2.57. The van der Waals surface area contributed by atoms with E-state index in [1.165, 1.54) is 11.3 Å². The zero-order valence-corrected chi connectivity index (χ0v) is 10.3. The minimum atomic E-state index is 0.428. The van der Waals surface area contributed by atoms with Crippen molar-refractivity contribution in [1.82, 2.24) is 9.38 Å². The first-order valence-corrected chi connectivity index (χ1v) is 6.22.